The van der Waals surface area contributed by atoms with E-state index >= 15 is 0 Å². The van der Waals surface area contributed by atoms with Crippen molar-refractivity contribution in [2.75, 3.05) is 4.90 Å². The van der Waals surface area contributed by atoms with Gasteiger partial charge in [-0.15, -0.1) is 0 Å². The second-order valence-corrected chi connectivity index (χ2v) is 21.0. The first kappa shape index (κ1) is 40.9. The number of rotatable bonds is 5. The molecule has 1 fully saturated rings. The SMILES string of the molecule is c1ccc(-c2cccc(N(c3ccc4c5ccccc5c5ccccc5c4c3)c3cc4c(cc3-c3ccc5c(c3)C3(CCCC3)c3ccccc3-5)-c3ccccc3C43c4ccccc4-c4ccccc43)c2)cc1. The van der Waals surface area contributed by atoms with Crippen LogP contribution in [0, 0.1) is 0 Å². The van der Waals surface area contributed by atoms with Crippen molar-refractivity contribution in [3.05, 3.63) is 282 Å². The van der Waals surface area contributed by atoms with Crippen LogP contribution in [0.1, 0.15) is 59.1 Å². The highest BCUT2D eigenvalue weighted by atomic mass is 15.1. The van der Waals surface area contributed by atoms with Gasteiger partial charge in [0.25, 0.3) is 0 Å². The highest BCUT2D eigenvalue weighted by molar-refractivity contribution is 6.26. The quantitative estimate of drug-likeness (QED) is 0.156. The molecular formula is C72H49N. The predicted octanol–water partition coefficient (Wildman–Crippen LogP) is 19.1. The van der Waals surface area contributed by atoms with Crippen LogP contribution in [0.2, 0.25) is 0 Å². The lowest BCUT2D eigenvalue weighted by atomic mass is 9.70. The van der Waals surface area contributed by atoms with E-state index in [1.165, 1.54) is 153 Å². The Kier molecular flexibility index (Phi) is 8.61. The zero-order valence-electron chi connectivity index (χ0n) is 40.4. The van der Waals surface area contributed by atoms with Gasteiger partial charge in [-0.2, -0.15) is 0 Å². The minimum Gasteiger partial charge on any atom is -0.310 e. The molecule has 12 aromatic carbocycles. The van der Waals surface area contributed by atoms with Crippen LogP contribution >= 0.6 is 0 Å². The van der Waals surface area contributed by atoms with Gasteiger partial charge >= 0.3 is 0 Å². The summed E-state index contributed by atoms with van der Waals surface area (Å²) >= 11 is 0. The van der Waals surface area contributed by atoms with Crippen molar-refractivity contribution < 1.29 is 0 Å². The Morgan fingerprint density at radius 1 is 0.260 bits per heavy atom. The largest absolute Gasteiger partial charge is 0.310 e. The third-order valence-corrected chi connectivity index (χ3v) is 17.6. The first-order valence-corrected chi connectivity index (χ1v) is 26.2. The molecule has 0 saturated heterocycles. The number of benzene rings is 12. The topological polar surface area (TPSA) is 3.24 Å². The van der Waals surface area contributed by atoms with E-state index in [9.17, 15) is 0 Å². The van der Waals surface area contributed by atoms with E-state index in [0.717, 1.165) is 11.4 Å². The number of hydrogen-bond donors (Lipinski definition) is 0. The van der Waals surface area contributed by atoms with Crippen molar-refractivity contribution in [3.63, 3.8) is 0 Å². The summed E-state index contributed by atoms with van der Waals surface area (Å²) in [5.74, 6) is 0. The van der Waals surface area contributed by atoms with E-state index in [1.54, 1.807) is 0 Å². The second-order valence-electron chi connectivity index (χ2n) is 21.0. The fourth-order valence-electron chi connectivity index (χ4n) is 14.6. The average molecular weight is 928 g/mol. The standard InChI is InChI=1S/C72H49N/c1-2-19-46(20-3-1)47-21-18-22-49(41-47)73(50-36-38-55-53-25-5-4-23-51(53)52-24-6-7-26-54(52)62(55)43-50)70-45-69-63(44-61(70)48-35-37-60-56-27-8-12-31-64(56)71(68(60)42-48)39-16-17-40-71)59-30-11-15-34-67(59)72(69)65-32-13-9-28-57(65)58-29-10-14-33-66(58)72/h1-15,18-38,41-45H,16-17,39-40H2. The summed E-state index contributed by atoms with van der Waals surface area (Å²) in [5.41, 5.74) is 24.2. The summed E-state index contributed by atoms with van der Waals surface area (Å²) in [6.45, 7) is 0. The van der Waals surface area contributed by atoms with Crippen molar-refractivity contribution in [3.8, 4) is 55.6 Å². The molecule has 342 valence electrons. The highest BCUT2D eigenvalue weighted by Gasteiger charge is 2.52. The van der Waals surface area contributed by atoms with Crippen LogP contribution in [0.3, 0.4) is 0 Å². The normalized spacial score (nSPS) is 14.8. The van der Waals surface area contributed by atoms with Gasteiger partial charge in [-0.05, 0) is 171 Å². The lowest BCUT2D eigenvalue weighted by Crippen LogP contribution is -2.26. The molecule has 0 amide bonds. The summed E-state index contributed by atoms with van der Waals surface area (Å²) in [4.78, 5) is 2.60. The van der Waals surface area contributed by atoms with Gasteiger partial charge < -0.3 is 4.90 Å². The summed E-state index contributed by atoms with van der Waals surface area (Å²) < 4.78 is 0. The third kappa shape index (κ3) is 5.57. The van der Waals surface area contributed by atoms with Crippen molar-refractivity contribution in [1.82, 2.24) is 0 Å². The molecule has 4 aliphatic carbocycles. The molecule has 0 aliphatic heterocycles. The minimum atomic E-state index is -0.518. The molecule has 0 bridgehead atoms. The molecule has 1 heteroatoms. The molecule has 16 rings (SSSR count). The second kappa shape index (κ2) is 15.4. The Bertz CT molecular complexity index is 4200. The zero-order chi connectivity index (χ0) is 47.8. The van der Waals surface area contributed by atoms with Crippen LogP contribution in [0.25, 0.3) is 88.0 Å². The molecule has 1 saturated carbocycles. The van der Waals surface area contributed by atoms with Gasteiger partial charge in [0, 0.05) is 22.4 Å². The number of hydrogen-bond acceptors (Lipinski definition) is 1. The summed E-state index contributed by atoms with van der Waals surface area (Å²) in [5, 5.41) is 7.61. The summed E-state index contributed by atoms with van der Waals surface area (Å²) in [7, 11) is 0. The average Bonchev–Trinajstić information content (AvgIpc) is 4.22. The highest BCUT2D eigenvalue weighted by Crippen LogP contribution is 2.65. The van der Waals surface area contributed by atoms with Crippen molar-refractivity contribution in [1.29, 1.82) is 0 Å². The zero-order valence-corrected chi connectivity index (χ0v) is 40.4. The van der Waals surface area contributed by atoms with Gasteiger partial charge in [0.1, 0.15) is 0 Å². The summed E-state index contributed by atoms with van der Waals surface area (Å²) in [6.07, 6.45) is 4.87. The third-order valence-electron chi connectivity index (χ3n) is 17.6. The Labute approximate surface area is 426 Å². The Morgan fingerprint density at radius 3 is 1.40 bits per heavy atom. The Hall–Kier alpha value is -8.78. The summed E-state index contributed by atoms with van der Waals surface area (Å²) in [6, 6.07) is 94.9. The van der Waals surface area contributed by atoms with Crippen LogP contribution in [0.4, 0.5) is 17.1 Å². The van der Waals surface area contributed by atoms with Crippen LogP contribution < -0.4 is 4.90 Å². The first-order chi connectivity index (χ1) is 36.2. The molecule has 1 nitrogen and oxygen atoms in total. The lowest BCUT2D eigenvalue weighted by Gasteiger charge is -2.34. The Balaban J connectivity index is 1.04. The first-order valence-electron chi connectivity index (χ1n) is 26.2. The van der Waals surface area contributed by atoms with E-state index in [1.807, 2.05) is 0 Å². The van der Waals surface area contributed by atoms with Crippen molar-refractivity contribution in [2.24, 2.45) is 0 Å². The maximum Gasteiger partial charge on any atom is 0.0726 e. The van der Waals surface area contributed by atoms with Crippen LogP contribution in [-0.4, -0.2) is 0 Å². The monoisotopic (exact) mass is 927 g/mol. The van der Waals surface area contributed by atoms with Gasteiger partial charge in [0.15, 0.2) is 0 Å². The fraction of sp³-hybridized carbons (Fsp3) is 0.0833. The molecule has 73 heavy (non-hydrogen) atoms. The van der Waals surface area contributed by atoms with E-state index in [-0.39, 0.29) is 5.41 Å². The molecule has 4 aliphatic rings. The molecule has 0 aromatic heterocycles. The predicted molar refractivity (Wildman–Crippen MR) is 305 cm³/mol. The van der Waals surface area contributed by atoms with Gasteiger partial charge in [-0.1, -0.05) is 219 Å². The lowest BCUT2D eigenvalue weighted by molar-refractivity contribution is 0.550. The maximum absolute atomic E-state index is 2.62. The fourth-order valence-corrected chi connectivity index (χ4v) is 14.6. The molecule has 0 radical (unpaired) electrons. The van der Waals surface area contributed by atoms with E-state index in [4.69, 9.17) is 0 Å². The molecular weight excluding hydrogens is 879 g/mol. The van der Waals surface area contributed by atoms with E-state index in [0.29, 0.717) is 0 Å². The molecule has 0 atom stereocenters. The maximum atomic E-state index is 2.62. The van der Waals surface area contributed by atoms with Crippen molar-refractivity contribution >= 4 is 49.4 Å². The van der Waals surface area contributed by atoms with E-state index < -0.39 is 5.41 Å². The van der Waals surface area contributed by atoms with Crippen LogP contribution in [0.5, 0.6) is 0 Å². The van der Waals surface area contributed by atoms with Gasteiger partial charge in [-0.25, -0.2) is 0 Å². The molecule has 0 N–H and O–H groups in total. The van der Waals surface area contributed by atoms with Gasteiger partial charge in [-0.3, -0.25) is 0 Å². The minimum absolute atomic E-state index is 0.0264. The molecule has 12 aromatic rings. The number of nitrogens with zero attached hydrogens (tertiary/aromatic N) is 1. The molecule has 0 heterocycles. The Morgan fingerprint density at radius 2 is 0.753 bits per heavy atom. The smallest absolute Gasteiger partial charge is 0.0726 e. The molecule has 0 unspecified atom stereocenters. The van der Waals surface area contributed by atoms with Gasteiger partial charge in [0.2, 0.25) is 0 Å². The molecule has 2 spiro atoms. The van der Waals surface area contributed by atoms with Crippen LogP contribution in [0.15, 0.2) is 249 Å². The van der Waals surface area contributed by atoms with Gasteiger partial charge in [0.05, 0.1) is 11.1 Å². The van der Waals surface area contributed by atoms with Crippen LogP contribution in [-0.2, 0) is 10.8 Å². The number of fused-ring (bicyclic) bond motifs is 21. The van der Waals surface area contributed by atoms with E-state index in [2.05, 4.69) is 254 Å². The van der Waals surface area contributed by atoms with Crippen molar-refractivity contribution in [2.45, 2.75) is 36.5 Å². The number of anilines is 3.